The molecule has 7 heteroatoms. The number of nitrogens with zero attached hydrogens (tertiary/aromatic N) is 2. The van der Waals surface area contributed by atoms with Gasteiger partial charge in [0.15, 0.2) is 0 Å². The molecule has 1 aromatic rings. The van der Waals surface area contributed by atoms with Crippen molar-refractivity contribution >= 4 is 26.0 Å². The van der Waals surface area contributed by atoms with Crippen molar-refractivity contribution in [2.75, 3.05) is 27.2 Å². The second-order valence-corrected chi connectivity index (χ2v) is 8.01. The molecule has 2 rings (SSSR count). The topological polar surface area (TPSA) is 40.6 Å². The third-order valence-electron chi connectivity index (χ3n) is 3.68. The lowest BCUT2D eigenvalue weighted by molar-refractivity contribution is 0.187. The Morgan fingerprint density at radius 1 is 1.45 bits per heavy atom. The molecule has 112 valence electrons. The molecule has 0 N–H and O–H groups in total. The van der Waals surface area contributed by atoms with Gasteiger partial charge in [-0.2, -0.15) is 4.31 Å². The summed E-state index contributed by atoms with van der Waals surface area (Å²) in [6.45, 7) is 1.69. The minimum absolute atomic E-state index is 0.00562. The summed E-state index contributed by atoms with van der Waals surface area (Å²) < 4.78 is 40.2. The summed E-state index contributed by atoms with van der Waals surface area (Å²) in [6, 6.07) is 3.84. The molecule has 1 aliphatic heterocycles. The van der Waals surface area contributed by atoms with Gasteiger partial charge >= 0.3 is 0 Å². The Bertz CT molecular complexity index is 594. The summed E-state index contributed by atoms with van der Waals surface area (Å²) >= 11 is 3.03. The first-order valence-electron chi connectivity index (χ1n) is 6.44. The molecule has 1 atom stereocenters. The monoisotopic (exact) mass is 364 g/mol. The Balaban J connectivity index is 2.26. The van der Waals surface area contributed by atoms with Gasteiger partial charge in [0.2, 0.25) is 10.0 Å². The van der Waals surface area contributed by atoms with Gasteiger partial charge in [0, 0.05) is 19.6 Å². The highest BCUT2D eigenvalue weighted by Gasteiger charge is 2.30. The normalized spacial score (nSPS) is 21.4. The Labute approximate surface area is 127 Å². The summed E-state index contributed by atoms with van der Waals surface area (Å²) in [5.41, 5.74) is 0. The third-order valence-corrected chi connectivity index (χ3v) is 6.23. The van der Waals surface area contributed by atoms with E-state index in [2.05, 4.69) is 20.8 Å². The molecular weight excluding hydrogens is 347 g/mol. The van der Waals surface area contributed by atoms with Crippen LogP contribution in [-0.4, -0.2) is 50.8 Å². The SMILES string of the molecule is CN1CCCC(N(C)S(=O)(=O)c2ccc(Br)c(F)c2)C1. The van der Waals surface area contributed by atoms with E-state index in [0.29, 0.717) is 6.54 Å². The molecule has 20 heavy (non-hydrogen) atoms. The predicted octanol–water partition coefficient (Wildman–Crippen LogP) is 2.30. The van der Waals surface area contributed by atoms with Crippen LogP contribution in [0.1, 0.15) is 12.8 Å². The van der Waals surface area contributed by atoms with Crippen LogP contribution in [0.3, 0.4) is 0 Å². The van der Waals surface area contributed by atoms with Crippen LogP contribution in [0.4, 0.5) is 4.39 Å². The number of benzene rings is 1. The lowest BCUT2D eigenvalue weighted by Gasteiger charge is -2.35. The van der Waals surface area contributed by atoms with E-state index in [-0.39, 0.29) is 15.4 Å². The average molecular weight is 365 g/mol. The summed E-state index contributed by atoms with van der Waals surface area (Å²) in [4.78, 5) is 2.11. The van der Waals surface area contributed by atoms with E-state index in [9.17, 15) is 12.8 Å². The second kappa shape index (κ2) is 6.09. The number of likely N-dealkylation sites (tertiary alicyclic amines) is 1. The Morgan fingerprint density at radius 2 is 2.15 bits per heavy atom. The zero-order valence-corrected chi connectivity index (χ0v) is 13.9. The summed E-state index contributed by atoms with van der Waals surface area (Å²) in [6.07, 6.45) is 1.80. The number of halogens is 2. The number of likely N-dealkylation sites (N-methyl/N-ethyl adjacent to an activating group) is 2. The quantitative estimate of drug-likeness (QED) is 0.826. The minimum Gasteiger partial charge on any atom is -0.305 e. The van der Waals surface area contributed by atoms with Crippen LogP contribution in [0.5, 0.6) is 0 Å². The molecule has 1 saturated heterocycles. The van der Waals surface area contributed by atoms with E-state index in [4.69, 9.17) is 0 Å². The molecular formula is C13H18BrFN2O2S. The van der Waals surface area contributed by atoms with Gasteiger partial charge in [0.1, 0.15) is 5.82 Å². The Morgan fingerprint density at radius 3 is 2.75 bits per heavy atom. The maximum atomic E-state index is 13.5. The molecule has 0 spiro atoms. The highest BCUT2D eigenvalue weighted by Crippen LogP contribution is 2.24. The molecule has 0 amide bonds. The molecule has 1 unspecified atom stereocenters. The highest BCUT2D eigenvalue weighted by molar-refractivity contribution is 9.10. The standard InChI is InChI=1S/C13H18BrFN2O2S/c1-16-7-3-4-10(9-16)17(2)20(18,19)11-5-6-12(14)13(15)8-11/h5-6,8,10H,3-4,7,9H2,1-2H3. The van der Waals surface area contributed by atoms with Gasteiger partial charge in [-0.15, -0.1) is 0 Å². The van der Waals surface area contributed by atoms with Crippen molar-refractivity contribution in [3.05, 3.63) is 28.5 Å². The second-order valence-electron chi connectivity index (χ2n) is 5.16. The van der Waals surface area contributed by atoms with Crippen LogP contribution < -0.4 is 0 Å². The van der Waals surface area contributed by atoms with Crippen molar-refractivity contribution in [2.24, 2.45) is 0 Å². The van der Waals surface area contributed by atoms with E-state index >= 15 is 0 Å². The molecule has 1 heterocycles. The fourth-order valence-electron chi connectivity index (χ4n) is 2.44. The smallest absolute Gasteiger partial charge is 0.243 e. The zero-order chi connectivity index (χ0) is 14.9. The van der Waals surface area contributed by atoms with Crippen molar-refractivity contribution in [3.63, 3.8) is 0 Å². The van der Waals surface area contributed by atoms with Crippen molar-refractivity contribution in [2.45, 2.75) is 23.8 Å². The number of hydrogen-bond donors (Lipinski definition) is 0. The van der Waals surface area contributed by atoms with E-state index in [1.807, 2.05) is 7.05 Å². The molecule has 4 nitrogen and oxygen atoms in total. The average Bonchev–Trinajstić information content (AvgIpc) is 2.40. The molecule has 0 bridgehead atoms. The third kappa shape index (κ3) is 3.21. The van der Waals surface area contributed by atoms with Gasteiger partial charge in [-0.05, 0) is 60.6 Å². The van der Waals surface area contributed by atoms with Crippen molar-refractivity contribution in [3.8, 4) is 0 Å². The van der Waals surface area contributed by atoms with Crippen molar-refractivity contribution in [1.82, 2.24) is 9.21 Å². The number of hydrogen-bond acceptors (Lipinski definition) is 3. The van der Waals surface area contributed by atoms with Crippen LogP contribution in [0.25, 0.3) is 0 Å². The largest absolute Gasteiger partial charge is 0.305 e. The van der Waals surface area contributed by atoms with Gasteiger partial charge in [0.05, 0.1) is 9.37 Å². The van der Waals surface area contributed by atoms with E-state index < -0.39 is 15.8 Å². The molecule has 0 aromatic heterocycles. The van der Waals surface area contributed by atoms with E-state index in [1.165, 1.54) is 16.4 Å². The van der Waals surface area contributed by atoms with Crippen LogP contribution in [0.15, 0.2) is 27.6 Å². The molecule has 0 aliphatic carbocycles. The van der Waals surface area contributed by atoms with E-state index in [1.54, 1.807) is 7.05 Å². The predicted molar refractivity (Wildman–Crippen MR) is 79.6 cm³/mol. The number of sulfonamides is 1. The molecule has 1 aliphatic rings. The summed E-state index contributed by atoms with van der Waals surface area (Å²) in [5, 5.41) is 0. The molecule has 1 fully saturated rings. The maximum absolute atomic E-state index is 13.5. The van der Waals surface area contributed by atoms with Gasteiger partial charge in [-0.1, -0.05) is 0 Å². The highest BCUT2D eigenvalue weighted by atomic mass is 79.9. The summed E-state index contributed by atoms with van der Waals surface area (Å²) in [5.74, 6) is -0.569. The van der Waals surface area contributed by atoms with Gasteiger partial charge in [-0.25, -0.2) is 12.8 Å². The minimum atomic E-state index is -3.66. The molecule has 1 aromatic carbocycles. The zero-order valence-electron chi connectivity index (χ0n) is 11.5. The van der Waals surface area contributed by atoms with Crippen molar-refractivity contribution in [1.29, 1.82) is 0 Å². The number of rotatable bonds is 3. The fourth-order valence-corrected chi connectivity index (χ4v) is 4.07. The molecule has 0 saturated carbocycles. The van der Waals surface area contributed by atoms with Gasteiger partial charge in [-0.3, -0.25) is 0 Å². The first-order chi connectivity index (χ1) is 9.32. The lowest BCUT2D eigenvalue weighted by atomic mass is 10.1. The first-order valence-corrected chi connectivity index (χ1v) is 8.67. The van der Waals surface area contributed by atoms with Crippen LogP contribution in [-0.2, 0) is 10.0 Å². The summed E-state index contributed by atoms with van der Waals surface area (Å²) in [7, 11) is -0.109. The van der Waals surface area contributed by atoms with E-state index in [0.717, 1.165) is 25.5 Å². The van der Waals surface area contributed by atoms with Gasteiger partial charge in [0.25, 0.3) is 0 Å². The molecule has 0 radical (unpaired) electrons. The fraction of sp³-hybridized carbons (Fsp3) is 0.538. The first kappa shape index (κ1) is 15.9. The van der Waals surface area contributed by atoms with Crippen LogP contribution in [0, 0.1) is 5.82 Å². The Hall–Kier alpha value is -0.500. The lowest BCUT2D eigenvalue weighted by Crippen LogP contribution is -2.47. The van der Waals surface area contributed by atoms with Gasteiger partial charge < -0.3 is 4.90 Å². The Kier molecular flexibility index (Phi) is 4.84. The maximum Gasteiger partial charge on any atom is 0.243 e. The van der Waals surface area contributed by atoms with Crippen LogP contribution >= 0.6 is 15.9 Å². The number of piperidine rings is 1. The van der Waals surface area contributed by atoms with Crippen molar-refractivity contribution < 1.29 is 12.8 Å². The van der Waals surface area contributed by atoms with Crippen LogP contribution in [0.2, 0.25) is 0 Å².